The van der Waals surface area contributed by atoms with E-state index in [1.807, 2.05) is 0 Å². The molecule has 2 aliphatic rings. The number of hydrogen-bond acceptors (Lipinski definition) is 2. The second-order valence-corrected chi connectivity index (χ2v) is 12.0. The van der Waals surface area contributed by atoms with E-state index in [0.717, 1.165) is 54.8 Å². The summed E-state index contributed by atoms with van der Waals surface area (Å²) in [4.78, 5) is 0. The molecule has 0 spiro atoms. The normalized spacial score (nSPS) is 32.2. The molecule has 0 aliphatic heterocycles. The highest BCUT2D eigenvalue weighted by molar-refractivity contribution is 4.80. The van der Waals surface area contributed by atoms with E-state index in [4.69, 9.17) is 0 Å². The zero-order chi connectivity index (χ0) is 22.8. The minimum Gasteiger partial charge on any atom is -0.390 e. The predicted octanol–water partition coefficient (Wildman–Crippen LogP) is 8.00. The first kappa shape index (κ1) is 27.2. The van der Waals surface area contributed by atoms with E-state index in [2.05, 4.69) is 34.6 Å². The monoisotopic (exact) mass is 436 g/mol. The summed E-state index contributed by atoms with van der Waals surface area (Å²) in [5, 5.41) is 21.2. The third kappa shape index (κ3) is 9.36. The molecule has 2 heteroatoms. The highest BCUT2D eigenvalue weighted by Crippen LogP contribution is 2.38. The quantitative estimate of drug-likeness (QED) is 0.307. The Morgan fingerprint density at radius 2 is 1.39 bits per heavy atom. The van der Waals surface area contributed by atoms with Crippen molar-refractivity contribution in [3.8, 4) is 0 Å². The van der Waals surface area contributed by atoms with Crippen LogP contribution in [0.5, 0.6) is 0 Å². The number of aliphatic hydroxyl groups is 2. The first-order valence-corrected chi connectivity index (χ1v) is 14.2. The molecule has 2 nitrogen and oxygen atoms in total. The van der Waals surface area contributed by atoms with Gasteiger partial charge in [-0.3, -0.25) is 0 Å². The summed E-state index contributed by atoms with van der Waals surface area (Å²) in [6, 6.07) is 0. The topological polar surface area (TPSA) is 40.5 Å². The molecule has 31 heavy (non-hydrogen) atoms. The van der Waals surface area contributed by atoms with Crippen LogP contribution in [0.2, 0.25) is 0 Å². The average Bonchev–Trinajstić information content (AvgIpc) is 2.78. The van der Waals surface area contributed by atoms with E-state index in [-0.39, 0.29) is 0 Å². The van der Waals surface area contributed by atoms with Crippen LogP contribution in [0.4, 0.5) is 0 Å². The van der Waals surface area contributed by atoms with E-state index >= 15 is 0 Å². The van der Waals surface area contributed by atoms with Gasteiger partial charge in [0.15, 0.2) is 0 Å². The Hall–Kier alpha value is -0.0800. The van der Waals surface area contributed by atoms with E-state index in [1.54, 1.807) is 0 Å². The molecule has 2 N–H and O–H groups in total. The van der Waals surface area contributed by atoms with Gasteiger partial charge >= 0.3 is 0 Å². The molecule has 184 valence electrons. The maximum absolute atomic E-state index is 10.6. The van der Waals surface area contributed by atoms with Crippen LogP contribution in [0.3, 0.4) is 0 Å². The fourth-order valence-electron chi connectivity index (χ4n) is 6.65. The molecule has 0 amide bonds. The fraction of sp³-hybridized carbons (Fsp3) is 1.00. The van der Waals surface area contributed by atoms with E-state index in [1.165, 1.54) is 77.0 Å². The molecule has 0 heterocycles. The minimum absolute atomic E-state index is 0.520. The summed E-state index contributed by atoms with van der Waals surface area (Å²) in [6.45, 7) is 12.0. The van der Waals surface area contributed by atoms with Gasteiger partial charge in [-0.15, -0.1) is 0 Å². The van der Waals surface area contributed by atoms with E-state index < -0.39 is 12.2 Å². The molecule has 5 atom stereocenters. The summed E-state index contributed by atoms with van der Waals surface area (Å²) in [5.74, 6) is 5.75. The Morgan fingerprint density at radius 3 is 1.97 bits per heavy atom. The Bertz CT molecular complexity index is 448. The van der Waals surface area contributed by atoms with Gasteiger partial charge in [0.25, 0.3) is 0 Å². The highest BCUT2D eigenvalue weighted by Gasteiger charge is 2.28. The molecule has 2 rings (SSSR count). The van der Waals surface area contributed by atoms with Crippen LogP contribution >= 0.6 is 0 Å². The van der Waals surface area contributed by atoms with Crippen molar-refractivity contribution >= 4 is 0 Å². The van der Waals surface area contributed by atoms with Crippen LogP contribution in [-0.2, 0) is 0 Å². The van der Waals surface area contributed by atoms with Gasteiger partial charge in [-0.25, -0.2) is 0 Å². The summed E-state index contributed by atoms with van der Waals surface area (Å²) in [7, 11) is 0. The molecular formula is C29H56O2. The van der Waals surface area contributed by atoms with Gasteiger partial charge in [0, 0.05) is 0 Å². The zero-order valence-electron chi connectivity index (χ0n) is 21.7. The van der Waals surface area contributed by atoms with Gasteiger partial charge in [-0.2, -0.15) is 0 Å². The summed E-state index contributed by atoms with van der Waals surface area (Å²) in [5.41, 5.74) is 0. The standard InChI is InChI=1S/C29H56O2/c1-6-22(4)27(19-23(5)26-17-11-21(3)12-18-26)9-8-10-28(30)29(31)20-25-15-13-24(7-2)14-16-25/h21-31H,6-20H2,1-5H3. The number of aliphatic hydroxyl groups excluding tert-OH is 2. The number of rotatable bonds is 13. The minimum atomic E-state index is -0.529. The molecule has 2 aliphatic carbocycles. The highest BCUT2D eigenvalue weighted by atomic mass is 16.3. The van der Waals surface area contributed by atoms with Crippen molar-refractivity contribution in [2.75, 3.05) is 0 Å². The largest absolute Gasteiger partial charge is 0.390 e. The first-order chi connectivity index (χ1) is 14.8. The van der Waals surface area contributed by atoms with E-state index in [9.17, 15) is 10.2 Å². The lowest BCUT2D eigenvalue weighted by Crippen LogP contribution is -2.30. The van der Waals surface area contributed by atoms with Crippen LogP contribution < -0.4 is 0 Å². The van der Waals surface area contributed by atoms with Crippen molar-refractivity contribution in [3.63, 3.8) is 0 Å². The Balaban J connectivity index is 1.71. The molecule has 0 saturated heterocycles. The van der Waals surface area contributed by atoms with Crippen molar-refractivity contribution in [1.29, 1.82) is 0 Å². The average molecular weight is 437 g/mol. The summed E-state index contributed by atoms with van der Waals surface area (Å²) >= 11 is 0. The SMILES string of the molecule is CCC1CCC(CC(O)C(O)CCCC(CC(C)C2CCC(C)CC2)C(C)CC)CC1. The maximum Gasteiger partial charge on any atom is 0.0801 e. The molecule has 0 radical (unpaired) electrons. The van der Waals surface area contributed by atoms with Crippen LogP contribution in [0, 0.1) is 41.4 Å². The third-order valence-corrected chi connectivity index (χ3v) is 9.63. The molecule has 0 aromatic carbocycles. The van der Waals surface area contributed by atoms with Crippen LogP contribution in [-0.4, -0.2) is 22.4 Å². The van der Waals surface area contributed by atoms with Gasteiger partial charge in [-0.05, 0) is 73.5 Å². The molecule has 2 fully saturated rings. The van der Waals surface area contributed by atoms with Crippen LogP contribution in [0.25, 0.3) is 0 Å². The molecule has 0 aromatic heterocycles. The number of hydrogen-bond donors (Lipinski definition) is 2. The van der Waals surface area contributed by atoms with Crippen molar-refractivity contribution in [2.45, 2.75) is 143 Å². The van der Waals surface area contributed by atoms with Crippen molar-refractivity contribution in [1.82, 2.24) is 0 Å². The van der Waals surface area contributed by atoms with Crippen molar-refractivity contribution < 1.29 is 10.2 Å². The molecular weight excluding hydrogens is 380 g/mol. The van der Waals surface area contributed by atoms with Crippen LogP contribution in [0.15, 0.2) is 0 Å². The molecule has 0 aromatic rings. The predicted molar refractivity (Wildman–Crippen MR) is 134 cm³/mol. The Labute approximate surface area is 195 Å². The third-order valence-electron chi connectivity index (χ3n) is 9.63. The lowest BCUT2D eigenvalue weighted by atomic mass is 9.72. The Morgan fingerprint density at radius 1 is 0.774 bits per heavy atom. The molecule has 2 saturated carbocycles. The van der Waals surface area contributed by atoms with E-state index in [0.29, 0.717) is 5.92 Å². The van der Waals surface area contributed by atoms with Crippen LogP contribution in [0.1, 0.15) is 131 Å². The van der Waals surface area contributed by atoms with Gasteiger partial charge in [0.1, 0.15) is 0 Å². The molecule has 5 unspecified atom stereocenters. The van der Waals surface area contributed by atoms with Gasteiger partial charge in [0.05, 0.1) is 12.2 Å². The summed E-state index contributed by atoms with van der Waals surface area (Å²) < 4.78 is 0. The zero-order valence-corrected chi connectivity index (χ0v) is 21.7. The van der Waals surface area contributed by atoms with Gasteiger partial charge in [-0.1, -0.05) is 98.8 Å². The fourth-order valence-corrected chi connectivity index (χ4v) is 6.65. The van der Waals surface area contributed by atoms with Crippen molar-refractivity contribution in [3.05, 3.63) is 0 Å². The van der Waals surface area contributed by atoms with Gasteiger partial charge in [0.2, 0.25) is 0 Å². The van der Waals surface area contributed by atoms with Gasteiger partial charge < -0.3 is 10.2 Å². The second kappa shape index (κ2) is 14.2. The smallest absolute Gasteiger partial charge is 0.0801 e. The lowest BCUT2D eigenvalue weighted by Gasteiger charge is -2.34. The summed E-state index contributed by atoms with van der Waals surface area (Å²) in [6.07, 6.45) is 17.6. The maximum atomic E-state index is 10.6. The lowest BCUT2D eigenvalue weighted by molar-refractivity contribution is -0.00617. The van der Waals surface area contributed by atoms with Crippen molar-refractivity contribution in [2.24, 2.45) is 41.4 Å². The molecule has 0 bridgehead atoms. The Kier molecular flexibility index (Phi) is 12.5. The second-order valence-electron chi connectivity index (χ2n) is 12.0. The first-order valence-electron chi connectivity index (χ1n) is 14.2.